The lowest BCUT2D eigenvalue weighted by Crippen LogP contribution is -2.37. The normalized spacial score (nSPS) is 14.5. The maximum atomic E-state index is 11.6. The highest BCUT2D eigenvalue weighted by atomic mass is 16.6. The van der Waals surface area contributed by atoms with Crippen molar-refractivity contribution in [2.45, 2.75) is 13.8 Å². The van der Waals surface area contributed by atoms with Crippen molar-refractivity contribution in [1.82, 2.24) is 9.97 Å². The van der Waals surface area contributed by atoms with E-state index >= 15 is 0 Å². The fourth-order valence-corrected chi connectivity index (χ4v) is 2.82. The zero-order valence-electron chi connectivity index (χ0n) is 13.7. The summed E-state index contributed by atoms with van der Waals surface area (Å²) < 4.78 is 5.30. The number of aromatic nitrogens is 2. The lowest BCUT2D eigenvalue weighted by atomic mass is 10.1. The van der Waals surface area contributed by atoms with Gasteiger partial charge in [0, 0.05) is 18.8 Å². The van der Waals surface area contributed by atoms with Gasteiger partial charge in [-0.1, -0.05) is 6.07 Å². The summed E-state index contributed by atoms with van der Waals surface area (Å²) in [6, 6.07) is 5.89. The summed E-state index contributed by atoms with van der Waals surface area (Å²) in [5, 5.41) is 14.7. The zero-order chi connectivity index (χ0) is 17.1. The lowest BCUT2D eigenvalue weighted by molar-refractivity contribution is -0.383. The molecule has 24 heavy (non-hydrogen) atoms. The number of hydrogen-bond donors (Lipinski definition) is 1. The standard InChI is InChI=1S/C16H19N5O3/c1-11-7-12(2)9-13(8-11)19-15-14(21(22)23)16(18-10-17-15)20-3-5-24-6-4-20/h7-10H,3-6H2,1-2H3,(H,17,18,19). The summed E-state index contributed by atoms with van der Waals surface area (Å²) in [7, 11) is 0. The molecule has 1 aliphatic rings. The van der Waals surface area contributed by atoms with Gasteiger partial charge in [-0.15, -0.1) is 0 Å². The summed E-state index contributed by atoms with van der Waals surface area (Å²) in [6.45, 7) is 6.15. The Morgan fingerprint density at radius 1 is 1.17 bits per heavy atom. The van der Waals surface area contributed by atoms with E-state index in [1.54, 1.807) is 0 Å². The molecule has 0 unspecified atom stereocenters. The Morgan fingerprint density at radius 2 is 1.83 bits per heavy atom. The first-order valence-corrected chi connectivity index (χ1v) is 7.72. The quantitative estimate of drug-likeness (QED) is 0.680. The summed E-state index contributed by atoms with van der Waals surface area (Å²) in [5.74, 6) is 0.520. The van der Waals surface area contributed by atoms with E-state index in [4.69, 9.17) is 4.74 Å². The van der Waals surface area contributed by atoms with Crippen LogP contribution in [-0.4, -0.2) is 41.2 Å². The number of ether oxygens (including phenoxy) is 1. The van der Waals surface area contributed by atoms with E-state index in [1.165, 1.54) is 6.33 Å². The van der Waals surface area contributed by atoms with Gasteiger partial charge in [0.05, 0.1) is 18.1 Å². The monoisotopic (exact) mass is 329 g/mol. The average Bonchev–Trinajstić information content (AvgIpc) is 2.54. The van der Waals surface area contributed by atoms with Crippen LogP contribution in [0.3, 0.4) is 0 Å². The molecule has 1 saturated heterocycles. The molecule has 2 heterocycles. The Morgan fingerprint density at radius 3 is 2.46 bits per heavy atom. The first-order valence-electron chi connectivity index (χ1n) is 7.72. The molecule has 1 fully saturated rings. The van der Waals surface area contributed by atoms with Crippen molar-refractivity contribution >= 4 is 23.0 Å². The predicted octanol–water partition coefficient (Wildman–Crippen LogP) is 2.58. The predicted molar refractivity (Wildman–Crippen MR) is 90.9 cm³/mol. The van der Waals surface area contributed by atoms with Gasteiger partial charge in [0.2, 0.25) is 11.6 Å². The van der Waals surface area contributed by atoms with E-state index in [1.807, 2.05) is 36.9 Å². The van der Waals surface area contributed by atoms with E-state index in [9.17, 15) is 10.1 Å². The Balaban J connectivity index is 1.99. The third kappa shape index (κ3) is 3.43. The maximum Gasteiger partial charge on any atom is 0.353 e. The summed E-state index contributed by atoms with van der Waals surface area (Å²) in [5.41, 5.74) is 2.80. The van der Waals surface area contributed by atoms with Crippen LogP contribution >= 0.6 is 0 Å². The SMILES string of the molecule is Cc1cc(C)cc(Nc2ncnc(N3CCOCC3)c2[N+](=O)[O-])c1. The summed E-state index contributed by atoms with van der Waals surface area (Å²) >= 11 is 0. The van der Waals surface area contributed by atoms with Gasteiger partial charge in [-0.05, 0) is 37.1 Å². The van der Waals surface area contributed by atoms with Gasteiger partial charge in [0.15, 0.2) is 0 Å². The number of aryl methyl sites for hydroxylation is 2. The molecule has 0 spiro atoms. The second-order valence-corrected chi connectivity index (χ2v) is 5.75. The highest BCUT2D eigenvalue weighted by Gasteiger charge is 2.28. The van der Waals surface area contributed by atoms with Crippen LogP contribution in [-0.2, 0) is 4.74 Å². The number of anilines is 3. The molecule has 0 bridgehead atoms. The van der Waals surface area contributed by atoms with Crippen molar-refractivity contribution in [2.24, 2.45) is 0 Å². The molecule has 0 aliphatic carbocycles. The fourth-order valence-electron chi connectivity index (χ4n) is 2.82. The summed E-state index contributed by atoms with van der Waals surface area (Å²) in [6.07, 6.45) is 1.35. The molecule has 1 aromatic heterocycles. The van der Waals surface area contributed by atoms with Gasteiger partial charge in [-0.25, -0.2) is 9.97 Å². The largest absolute Gasteiger partial charge is 0.378 e. The molecule has 8 heteroatoms. The molecular formula is C16H19N5O3. The minimum Gasteiger partial charge on any atom is -0.378 e. The number of morpholine rings is 1. The van der Waals surface area contributed by atoms with Crippen LogP contribution in [0.5, 0.6) is 0 Å². The lowest BCUT2D eigenvalue weighted by Gasteiger charge is -2.27. The number of benzene rings is 1. The molecule has 126 valence electrons. The molecule has 8 nitrogen and oxygen atoms in total. The van der Waals surface area contributed by atoms with Crippen molar-refractivity contribution < 1.29 is 9.66 Å². The van der Waals surface area contributed by atoms with Gasteiger partial charge in [-0.2, -0.15) is 0 Å². The second-order valence-electron chi connectivity index (χ2n) is 5.75. The van der Waals surface area contributed by atoms with E-state index in [2.05, 4.69) is 15.3 Å². The first-order chi connectivity index (χ1) is 11.5. The van der Waals surface area contributed by atoms with Crippen LogP contribution in [0.1, 0.15) is 11.1 Å². The molecule has 0 atom stereocenters. The Kier molecular flexibility index (Phi) is 4.57. The number of nitrogens with one attached hydrogen (secondary N) is 1. The Hall–Kier alpha value is -2.74. The van der Waals surface area contributed by atoms with Gasteiger partial charge >= 0.3 is 5.69 Å². The molecule has 3 rings (SSSR count). The van der Waals surface area contributed by atoms with Crippen molar-refractivity contribution in [1.29, 1.82) is 0 Å². The molecule has 1 N–H and O–H groups in total. The van der Waals surface area contributed by atoms with Gasteiger partial charge < -0.3 is 15.0 Å². The minimum atomic E-state index is -0.435. The van der Waals surface area contributed by atoms with Crippen molar-refractivity contribution in [3.8, 4) is 0 Å². The first kappa shape index (κ1) is 16.1. The maximum absolute atomic E-state index is 11.6. The van der Waals surface area contributed by atoms with E-state index in [-0.39, 0.29) is 11.5 Å². The Labute approximate surface area is 139 Å². The third-order valence-corrected chi connectivity index (χ3v) is 3.78. The topological polar surface area (TPSA) is 93.4 Å². The average molecular weight is 329 g/mol. The number of hydrogen-bond acceptors (Lipinski definition) is 7. The molecule has 2 aromatic rings. The van der Waals surface area contributed by atoms with Gasteiger partial charge in [0.1, 0.15) is 6.33 Å². The number of nitrogens with zero attached hydrogens (tertiary/aromatic N) is 4. The smallest absolute Gasteiger partial charge is 0.353 e. The van der Waals surface area contributed by atoms with Gasteiger partial charge in [0.25, 0.3) is 0 Å². The molecule has 0 saturated carbocycles. The van der Waals surface area contributed by atoms with E-state index in [0.717, 1.165) is 16.8 Å². The highest BCUT2D eigenvalue weighted by molar-refractivity contribution is 5.74. The summed E-state index contributed by atoms with van der Waals surface area (Å²) in [4.78, 5) is 21.3. The molecule has 1 aromatic carbocycles. The van der Waals surface area contributed by atoms with Crippen LogP contribution < -0.4 is 10.2 Å². The zero-order valence-corrected chi connectivity index (χ0v) is 13.7. The van der Waals surface area contributed by atoms with Gasteiger partial charge in [-0.3, -0.25) is 10.1 Å². The van der Waals surface area contributed by atoms with E-state index < -0.39 is 4.92 Å². The minimum absolute atomic E-state index is 0.112. The van der Waals surface area contributed by atoms with Crippen molar-refractivity contribution in [3.05, 3.63) is 45.8 Å². The Bertz CT molecular complexity index is 739. The van der Waals surface area contributed by atoms with Crippen molar-refractivity contribution in [3.63, 3.8) is 0 Å². The number of nitro groups is 1. The second kappa shape index (κ2) is 6.79. The fraction of sp³-hybridized carbons (Fsp3) is 0.375. The number of rotatable bonds is 4. The highest BCUT2D eigenvalue weighted by Crippen LogP contribution is 2.34. The van der Waals surface area contributed by atoms with E-state index in [0.29, 0.717) is 32.1 Å². The van der Waals surface area contributed by atoms with Crippen LogP contribution in [0.25, 0.3) is 0 Å². The molecule has 0 amide bonds. The third-order valence-electron chi connectivity index (χ3n) is 3.78. The molecule has 0 radical (unpaired) electrons. The van der Waals surface area contributed by atoms with Crippen LogP contribution in [0.4, 0.5) is 23.0 Å². The molecular weight excluding hydrogens is 310 g/mol. The van der Waals surface area contributed by atoms with Crippen molar-refractivity contribution in [2.75, 3.05) is 36.5 Å². The molecule has 1 aliphatic heterocycles. The van der Waals surface area contributed by atoms with Crippen LogP contribution in [0.15, 0.2) is 24.5 Å². The van der Waals surface area contributed by atoms with Crippen LogP contribution in [0, 0.1) is 24.0 Å². The van der Waals surface area contributed by atoms with Crippen LogP contribution in [0.2, 0.25) is 0 Å².